The number of hydrogen-bond acceptors (Lipinski definition) is 8. The number of benzene rings is 2. The van der Waals surface area contributed by atoms with Gasteiger partial charge in [-0.05, 0) is 42.5 Å². The molecule has 1 saturated heterocycles. The number of imidazole rings is 1. The Morgan fingerprint density at radius 1 is 0.950 bits per heavy atom. The quantitative estimate of drug-likeness (QED) is 0.337. The molecule has 1 N–H and O–H groups in total. The first-order valence-electron chi connectivity index (χ1n) is 12.8. The van der Waals surface area contributed by atoms with Crippen molar-refractivity contribution in [2.24, 2.45) is 0 Å². The lowest BCUT2D eigenvalue weighted by Crippen LogP contribution is -2.36. The van der Waals surface area contributed by atoms with Crippen LogP contribution < -0.4 is 9.62 Å². The van der Waals surface area contributed by atoms with Gasteiger partial charge in [0.25, 0.3) is 10.0 Å². The van der Waals surface area contributed by atoms with Crippen LogP contribution in [0.5, 0.6) is 0 Å². The zero-order valence-electron chi connectivity index (χ0n) is 21.7. The molecular weight excluding hydrogens is 528 g/mol. The fourth-order valence-electron chi connectivity index (χ4n) is 4.77. The third kappa shape index (κ3) is 5.04. The summed E-state index contributed by atoms with van der Waals surface area (Å²) in [6.07, 6.45) is 5.53. The highest BCUT2D eigenvalue weighted by Crippen LogP contribution is 2.31. The molecule has 0 bridgehead atoms. The van der Waals surface area contributed by atoms with Crippen molar-refractivity contribution in [3.8, 4) is 11.3 Å². The van der Waals surface area contributed by atoms with Gasteiger partial charge in [0.05, 0.1) is 46.9 Å². The Kier molecular flexibility index (Phi) is 6.74. The minimum atomic E-state index is -3.96. The molecule has 40 heavy (non-hydrogen) atoms. The van der Waals surface area contributed by atoms with Crippen LogP contribution >= 0.6 is 0 Å². The average Bonchev–Trinajstić information content (AvgIpc) is 3.34. The van der Waals surface area contributed by atoms with E-state index in [-0.39, 0.29) is 4.90 Å². The normalized spacial score (nSPS) is 14.3. The molecule has 0 saturated carbocycles. The zero-order chi connectivity index (χ0) is 27.7. The van der Waals surface area contributed by atoms with Gasteiger partial charge in [0.2, 0.25) is 5.91 Å². The van der Waals surface area contributed by atoms with Crippen molar-refractivity contribution in [1.82, 2.24) is 24.3 Å². The molecule has 0 radical (unpaired) electrons. The number of sulfonamides is 1. The number of carbonyl (C=O) groups is 1. The van der Waals surface area contributed by atoms with E-state index in [0.29, 0.717) is 35.8 Å². The first kappa shape index (κ1) is 25.7. The molecule has 0 aliphatic carbocycles. The Hall–Kier alpha value is -4.61. The first-order valence-corrected chi connectivity index (χ1v) is 14.3. The number of morpholine rings is 1. The summed E-state index contributed by atoms with van der Waals surface area (Å²) in [4.78, 5) is 23.3. The molecular formula is C29H26N6O4S. The van der Waals surface area contributed by atoms with Crippen LogP contribution in [0.4, 0.5) is 5.69 Å². The van der Waals surface area contributed by atoms with Crippen LogP contribution in [-0.2, 0) is 19.6 Å². The van der Waals surface area contributed by atoms with E-state index in [0.717, 1.165) is 42.3 Å². The van der Waals surface area contributed by atoms with Gasteiger partial charge >= 0.3 is 0 Å². The lowest BCUT2D eigenvalue weighted by molar-refractivity contribution is -0.117. The van der Waals surface area contributed by atoms with E-state index in [1.165, 1.54) is 12.1 Å². The molecule has 5 aromatic rings. The van der Waals surface area contributed by atoms with Gasteiger partial charge in [0.1, 0.15) is 5.69 Å². The minimum Gasteiger partial charge on any atom is -0.378 e. The molecule has 10 nitrogen and oxygen atoms in total. The molecule has 202 valence electrons. The van der Waals surface area contributed by atoms with Gasteiger partial charge in [0.15, 0.2) is 5.65 Å². The van der Waals surface area contributed by atoms with Crippen molar-refractivity contribution >= 4 is 50.3 Å². The van der Waals surface area contributed by atoms with E-state index in [1.807, 2.05) is 59.3 Å². The first-order chi connectivity index (χ1) is 19.4. The predicted molar refractivity (Wildman–Crippen MR) is 153 cm³/mol. The summed E-state index contributed by atoms with van der Waals surface area (Å²) in [5.74, 6) is -0.652. The van der Waals surface area contributed by atoms with Crippen molar-refractivity contribution in [2.75, 3.05) is 31.2 Å². The zero-order valence-corrected chi connectivity index (χ0v) is 22.5. The van der Waals surface area contributed by atoms with Gasteiger partial charge in [-0.2, -0.15) is 5.10 Å². The van der Waals surface area contributed by atoms with Crippen LogP contribution in [0.1, 0.15) is 18.3 Å². The van der Waals surface area contributed by atoms with Crippen LogP contribution in [0.2, 0.25) is 0 Å². The maximum atomic E-state index is 12.5. The number of nitrogens with one attached hydrogen (secondary N) is 1. The number of pyridine rings is 1. The highest BCUT2D eigenvalue weighted by atomic mass is 32.2. The van der Waals surface area contributed by atoms with E-state index >= 15 is 0 Å². The lowest BCUT2D eigenvalue weighted by Gasteiger charge is -2.28. The van der Waals surface area contributed by atoms with Crippen molar-refractivity contribution in [3.63, 3.8) is 0 Å². The Labute approximate surface area is 231 Å². The fourth-order valence-corrected chi connectivity index (χ4v) is 5.76. The monoisotopic (exact) mass is 554 g/mol. The molecule has 1 fully saturated rings. The number of ether oxygens (including phenoxy) is 1. The summed E-state index contributed by atoms with van der Waals surface area (Å²) >= 11 is 0. The third-order valence-electron chi connectivity index (χ3n) is 6.62. The smallest absolute Gasteiger partial charge is 0.264 e. The highest BCUT2D eigenvalue weighted by molar-refractivity contribution is 7.90. The van der Waals surface area contributed by atoms with Crippen molar-refractivity contribution in [3.05, 3.63) is 84.3 Å². The number of hydrogen-bond donors (Lipinski definition) is 1. The van der Waals surface area contributed by atoms with Gasteiger partial charge < -0.3 is 9.64 Å². The average molecular weight is 555 g/mol. The molecule has 2 aromatic carbocycles. The van der Waals surface area contributed by atoms with E-state index < -0.39 is 15.9 Å². The number of aromatic nitrogens is 4. The van der Waals surface area contributed by atoms with Crippen LogP contribution in [0.25, 0.3) is 40.0 Å². The van der Waals surface area contributed by atoms with E-state index in [9.17, 15) is 13.2 Å². The van der Waals surface area contributed by atoms with Gasteiger partial charge in [-0.1, -0.05) is 36.4 Å². The summed E-state index contributed by atoms with van der Waals surface area (Å²) in [5, 5.41) is 5.67. The van der Waals surface area contributed by atoms with E-state index in [1.54, 1.807) is 22.8 Å². The van der Waals surface area contributed by atoms with Gasteiger partial charge in [-0.3, -0.25) is 4.79 Å². The molecule has 4 heterocycles. The number of rotatable bonds is 6. The number of carbonyl (C=O) groups excluding carboxylic acids is 1. The number of para-hydroxylation sites is 1. The van der Waals surface area contributed by atoms with Gasteiger partial charge in [-0.15, -0.1) is 0 Å². The summed E-state index contributed by atoms with van der Waals surface area (Å²) in [6.45, 7) is 3.90. The van der Waals surface area contributed by atoms with E-state index in [2.05, 4.69) is 10.00 Å². The van der Waals surface area contributed by atoms with Gasteiger partial charge in [0, 0.05) is 31.0 Å². The summed E-state index contributed by atoms with van der Waals surface area (Å²) in [6, 6.07) is 20.1. The summed E-state index contributed by atoms with van der Waals surface area (Å²) < 4.78 is 34.3. The molecule has 11 heteroatoms. The standard InChI is InChI=1S/C29H26N6O4S/c1-20(36)33-40(37,38)24-11-7-22(8-12-24)28-26(13-10-23-9-6-21-4-2-3-5-25(21)31-23)32-29-27(14-15-30-35(28)29)34-16-18-39-19-17-34/h2-15H,16-19H2,1H3,(H,33,36). The summed E-state index contributed by atoms with van der Waals surface area (Å²) in [5.41, 5.74) is 5.36. The Morgan fingerprint density at radius 3 is 2.50 bits per heavy atom. The molecule has 1 amide bonds. The second-order valence-corrected chi connectivity index (χ2v) is 11.0. The fraction of sp³-hybridized carbons (Fsp3) is 0.172. The van der Waals surface area contributed by atoms with Crippen molar-refractivity contribution < 1.29 is 17.9 Å². The van der Waals surface area contributed by atoms with Crippen LogP contribution in [0, 0.1) is 0 Å². The number of fused-ring (bicyclic) bond motifs is 2. The number of anilines is 1. The van der Waals surface area contributed by atoms with Gasteiger partial charge in [-0.25, -0.2) is 27.6 Å². The SMILES string of the molecule is CC(=O)NS(=O)(=O)c1ccc(-c2c(C=Cc3ccc4ccccc4n3)nc3c(N4CCOCC4)ccnn23)cc1. The molecule has 3 aromatic heterocycles. The van der Waals surface area contributed by atoms with E-state index in [4.69, 9.17) is 14.7 Å². The maximum Gasteiger partial charge on any atom is 0.264 e. The van der Waals surface area contributed by atoms with Crippen LogP contribution in [-0.4, -0.2) is 60.2 Å². The second-order valence-electron chi connectivity index (χ2n) is 9.35. The lowest BCUT2D eigenvalue weighted by atomic mass is 10.1. The molecule has 0 atom stereocenters. The van der Waals surface area contributed by atoms with Crippen molar-refractivity contribution in [1.29, 1.82) is 0 Å². The third-order valence-corrected chi connectivity index (χ3v) is 8.07. The molecule has 0 spiro atoms. The summed E-state index contributed by atoms with van der Waals surface area (Å²) in [7, 11) is -3.96. The minimum absolute atomic E-state index is 0.0142. The highest BCUT2D eigenvalue weighted by Gasteiger charge is 2.22. The largest absolute Gasteiger partial charge is 0.378 e. The molecule has 1 aliphatic rings. The Morgan fingerprint density at radius 2 is 1.73 bits per heavy atom. The number of nitrogens with zero attached hydrogens (tertiary/aromatic N) is 5. The maximum absolute atomic E-state index is 12.5. The Balaban J connectivity index is 1.46. The molecule has 1 aliphatic heterocycles. The van der Waals surface area contributed by atoms with Crippen LogP contribution in [0.15, 0.2) is 77.8 Å². The number of amides is 1. The van der Waals surface area contributed by atoms with Crippen LogP contribution in [0.3, 0.4) is 0 Å². The molecule has 0 unspecified atom stereocenters. The molecule has 6 rings (SSSR count). The Bertz CT molecular complexity index is 1860. The second kappa shape index (κ2) is 10.5. The predicted octanol–water partition coefficient (Wildman–Crippen LogP) is 3.78. The van der Waals surface area contributed by atoms with Crippen molar-refractivity contribution in [2.45, 2.75) is 11.8 Å². The topological polar surface area (TPSA) is 119 Å².